The normalized spacial score (nSPS) is 14.6. The molecule has 0 bridgehead atoms. The molecule has 7 heteroatoms. The van der Waals surface area contributed by atoms with Gasteiger partial charge in [-0.25, -0.2) is 14.4 Å². The van der Waals surface area contributed by atoms with E-state index >= 15 is 0 Å². The zero-order valence-corrected chi connectivity index (χ0v) is 13.5. The van der Waals surface area contributed by atoms with Crippen LogP contribution in [0, 0.1) is 5.82 Å². The third-order valence-corrected chi connectivity index (χ3v) is 3.90. The van der Waals surface area contributed by atoms with Gasteiger partial charge in [0.1, 0.15) is 23.7 Å². The maximum Gasteiger partial charge on any atom is 0.224 e. The number of amides is 1. The number of ether oxygens (including phenoxy) is 1. The van der Waals surface area contributed by atoms with Gasteiger partial charge in [-0.2, -0.15) is 0 Å². The Labute approximate surface area is 139 Å². The highest BCUT2D eigenvalue weighted by molar-refractivity contribution is 5.76. The summed E-state index contributed by atoms with van der Waals surface area (Å²) < 4.78 is 18.8. The molecule has 6 nitrogen and oxygen atoms in total. The minimum Gasteiger partial charge on any atom is -0.439 e. The highest BCUT2D eigenvalue weighted by Gasteiger charge is 2.21. The van der Waals surface area contributed by atoms with Crippen molar-refractivity contribution in [3.63, 3.8) is 0 Å². The molecule has 3 rings (SSSR count). The number of halogens is 1. The molecule has 0 aliphatic carbocycles. The second kappa shape index (κ2) is 7.25. The Hall–Kier alpha value is -2.70. The van der Waals surface area contributed by atoms with E-state index in [1.807, 2.05) is 11.8 Å². The van der Waals surface area contributed by atoms with Crippen molar-refractivity contribution in [2.45, 2.75) is 13.3 Å². The molecule has 1 aromatic heterocycles. The molecule has 0 spiro atoms. The predicted octanol–water partition coefficient (Wildman–Crippen LogP) is 2.47. The molecule has 1 aliphatic heterocycles. The molecule has 0 unspecified atom stereocenters. The SMILES string of the molecule is CCC(=O)N1CCN(c2cc(Oc3cccc(F)c3)ncn2)CC1. The topological polar surface area (TPSA) is 58.6 Å². The number of benzene rings is 1. The molecular weight excluding hydrogens is 311 g/mol. The van der Waals surface area contributed by atoms with E-state index in [0.717, 1.165) is 5.82 Å². The van der Waals surface area contributed by atoms with Gasteiger partial charge in [0.15, 0.2) is 0 Å². The lowest BCUT2D eigenvalue weighted by Gasteiger charge is -2.35. The Balaban J connectivity index is 1.67. The van der Waals surface area contributed by atoms with Crippen LogP contribution < -0.4 is 9.64 Å². The van der Waals surface area contributed by atoms with Crippen LogP contribution in [0.3, 0.4) is 0 Å². The lowest BCUT2D eigenvalue weighted by molar-refractivity contribution is -0.131. The van der Waals surface area contributed by atoms with Gasteiger partial charge in [0, 0.05) is 44.7 Å². The fourth-order valence-electron chi connectivity index (χ4n) is 2.62. The van der Waals surface area contributed by atoms with E-state index in [9.17, 15) is 9.18 Å². The number of hydrogen-bond donors (Lipinski definition) is 0. The lowest BCUT2D eigenvalue weighted by Crippen LogP contribution is -2.48. The summed E-state index contributed by atoms with van der Waals surface area (Å²) in [6.07, 6.45) is 1.95. The molecule has 2 aromatic rings. The van der Waals surface area contributed by atoms with E-state index in [0.29, 0.717) is 44.2 Å². The molecule has 24 heavy (non-hydrogen) atoms. The van der Waals surface area contributed by atoms with Crippen molar-refractivity contribution >= 4 is 11.7 Å². The summed E-state index contributed by atoms with van der Waals surface area (Å²) in [6.45, 7) is 4.65. The molecule has 1 amide bonds. The zero-order chi connectivity index (χ0) is 16.9. The van der Waals surface area contributed by atoms with Crippen LogP contribution in [0.15, 0.2) is 36.7 Å². The van der Waals surface area contributed by atoms with Crippen molar-refractivity contribution in [3.8, 4) is 11.6 Å². The summed E-state index contributed by atoms with van der Waals surface area (Å²) in [7, 11) is 0. The second-order valence-corrected chi connectivity index (χ2v) is 5.50. The number of hydrogen-bond acceptors (Lipinski definition) is 5. The second-order valence-electron chi connectivity index (χ2n) is 5.50. The molecule has 0 N–H and O–H groups in total. The first-order valence-corrected chi connectivity index (χ1v) is 7.94. The van der Waals surface area contributed by atoms with Gasteiger partial charge in [-0.1, -0.05) is 13.0 Å². The van der Waals surface area contributed by atoms with Crippen LogP contribution in [-0.2, 0) is 4.79 Å². The molecule has 0 saturated carbocycles. The monoisotopic (exact) mass is 330 g/mol. The van der Waals surface area contributed by atoms with Gasteiger partial charge >= 0.3 is 0 Å². The number of rotatable bonds is 4. The Kier molecular flexibility index (Phi) is 4.88. The minimum atomic E-state index is -0.363. The summed E-state index contributed by atoms with van der Waals surface area (Å²) in [5, 5.41) is 0. The van der Waals surface area contributed by atoms with Crippen molar-refractivity contribution in [3.05, 3.63) is 42.5 Å². The van der Waals surface area contributed by atoms with Crippen molar-refractivity contribution < 1.29 is 13.9 Å². The van der Waals surface area contributed by atoms with Gasteiger partial charge in [0.2, 0.25) is 11.8 Å². The van der Waals surface area contributed by atoms with Crippen LogP contribution in [0.4, 0.5) is 10.2 Å². The van der Waals surface area contributed by atoms with Crippen LogP contribution in [0.2, 0.25) is 0 Å². The van der Waals surface area contributed by atoms with Crippen LogP contribution >= 0.6 is 0 Å². The van der Waals surface area contributed by atoms with Crippen LogP contribution in [0.25, 0.3) is 0 Å². The molecule has 0 atom stereocenters. The maximum atomic E-state index is 13.2. The summed E-state index contributed by atoms with van der Waals surface area (Å²) in [6, 6.07) is 7.63. The number of aromatic nitrogens is 2. The average Bonchev–Trinajstić information content (AvgIpc) is 2.61. The standard InChI is InChI=1S/C17H19FN4O2/c1-2-17(23)22-8-6-21(7-9-22)15-11-16(20-12-19-15)24-14-5-3-4-13(18)10-14/h3-5,10-12H,2,6-9H2,1H3. The van der Waals surface area contributed by atoms with Crippen molar-refractivity contribution in [1.82, 2.24) is 14.9 Å². The number of nitrogens with zero attached hydrogens (tertiary/aromatic N) is 4. The van der Waals surface area contributed by atoms with E-state index in [1.165, 1.54) is 18.5 Å². The molecule has 1 saturated heterocycles. The highest BCUT2D eigenvalue weighted by Crippen LogP contribution is 2.23. The van der Waals surface area contributed by atoms with Crippen molar-refractivity contribution in [2.75, 3.05) is 31.1 Å². The first-order valence-electron chi connectivity index (χ1n) is 7.94. The number of anilines is 1. The summed E-state index contributed by atoms with van der Waals surface area (Å²) >= 11 is 0. The first-order chi connectivity index (χ1) is 11.7. The van der Waals surface area contributed by atoms with E-state index in [1.54, 1.807) is 18.2 Å². The Morgan fingerprint density at radius 3 is 2.71 bits per heavy atom. The van der Waals surface area contributed by atoms with Gasteiger partial charge in [-0.3, -0.25) is 4.79 Å². The van der Waals surface area contributed by atoms with Crippen LogP contribution in [0.5, 0.6) is 11.6 Å². The van der Waals surface area contributed by atoms with Crippen LogP contribution in [0.1, 0.15) is 13.3 Å². The molecule has 126 valence electrons. The third kappa shape index (κ3) is 3.79. The Morgan fingerprint density at radius 1 is 1.21 bits per heavy atom. The summed E-state index contributed by atoms with van der Waals surface area (Å²) in [5.74, 6) is 1.29. The maximum absolute atomic E-state index is 13.2. The number of piperazine rings is 1. The molecular formula is C17H19FN4O2. The fraction of sp³-hybridized carbons (Fsp3) is 0.353. The highest BCUT2D eigenvalue weighted by atomic mass is 19.1. The van der Waals surface area contributed by atoms with E-state index in [4.69, 9.17) is 4.74 Å². The number of carbonyl (C=O) groups excluding carboxylic acids is 1. The Bertz CT molecular complexity index is 717. The zero-order valence-electron chi connectivity index (χ0n) is 13.5. The average molecular weight is 330 g/mol. The summed E-state index contributed by atoms with van der Waals surface area (Å²) in [4.78, 5) is 24.0. The molecule has 2 heterocycles. The molecule has 0 radical (unpaired) electrons. The van der Waals surface area contributed by atoms with Crippen molar-refractivity contribution in [1.29, 1.82) is 0 Å². The molecule has 1 aromatic carbocycles. The van der Waals surface area contributed by atoms with Gasteiger partial charge in [0.05, 0.1) is 0 Å². The predicted molar refractivity (Wildman–Crippen MR) is 87.6 cm³/mol. The fourth-order valence-corrected chi connectivity index (χ4v) is 2.62. The molecule has 1 fully saturated rings. The largest absolute Gasteiger partial charge is 0.439 e. The van der Waals surface area contributed by atoms with Gasteiger partial charge in [0.25, 0.3) is 0 Å². The van der Waals surface area contributed by atoms with Crippen LogP contribution in [-0.4, -0.2) is 47.0 Å². The Morgan fingerprint density at radius 2 is 2.00 bits per heavy atom. The van der Waals surface area contributed by atoms with E-state index < -0.39 is 0 Å². The van der Waals surface area contributed by atoms with E-state index in [-0.39, 0.29) is 11.7 Å². The number of carbonyl (C=O) groups is 1. The first kappa shape index (κ1) is 16.2. The van der Waals surface area contributed by atoms with Gasteiger partial charge in [-0.05, 0) is 12.1 Å². The summed E-state index contributed by atoms with van der Waals surface area (Å²) in [5.41, 5.74) is 0. The van der Waals surface area contributed by atoms with Gasteiger partial charge in [-0.15, -0.1) is 0 Å². The van der Waals surface area contributed by atoms with E-state index in [2.05, 4.69) is 14.9 Å². The lowest BCUT2D eigenvalue weighted by atomic mass is 10.3. The minimum absolute atomic E-state index is 0.174. The third-order valence-electron chi connectivity index (χ3n) is 3.90. The van der Waals surface area contributed by atoms with Gasteiger partial charge < -0.3 is 14.5 Å². The molecule has 1 aliphatic rings. The smallest absolute Gasteiger partial charge is 0.224 e. The quantitative estimate of drug-likeness (QED) is 0.862. The van der Waals surface area contributed by atoms with Crippen molar-refractivity contribution in [2.24, 2.45) is 0 Å².